The van der Waals surface area contributed by atoms with Crippen molar-refractivity contribution in [3.63, 3.8) is 0 Å². The Labute approximate surface area is 167 Å². The highest BCUT2D eigenvalue weighted by Crippen LogP contribution is 2.44. The Hall–Kier alpha value is -1.79. The molecule has 1 spiro atoms. The highest BCUT2D eigenvalue weighted by Gasteiger charge is 2.44. The summed E-state index contributed by atoms with van der Waals surface area (Å²) in [5.41, 5.74) is 1.85. The lowest BCUT2D eigenvalue weighted by Crippen LogP contribution is -2.49. The van der Waals surface area contributed by atoms with E-state index in [2.05, 4.69) is 10.2 Å². The zero-order valence-corrected chi connectivity index (χ0v) is 16.1. The van der Waals surface area contributed by atoms with Crippen LogP contribution in [0, 0.1) is 0 Å². The zero-order valence-electron chi connectivity index (χ0n) is 14.6. The molecule has 7 heteroatoms. The molecule has 0 aliphatic carbocycles. The van der Waals surface area contributed by atoms with Gasteiger partial charge in [-0.2, -0.15) is 0 Å². The molecule has 2 heterocycles. The maximum atomic E-state index is 12.0. The van der Waals surface area contributed by atoms with E-state index in [-0.39, 0.29) is 0 Å². The lowest BCUT2D eigenvalue weighted by atomic mass is 9.82. The molecule has 1 fully saturated rings. The number of nitrogens with one attached hydrogen (secondary N) is 1. The molecule has 1 amide bonds. The number of β-amino-alcohol motifs (C(OH)–C–C–N with tert-alkyl or cyclic N) is 1. The summed E-state index contributed by atoms with van der Waals surface area (Å²) in [6, 6.07) is 12.7. The first kappa shape index (κ1) is 18.6. The molecule has 2 aromatic rings. The number of benzene rings is 2. The van der Waals surface area contributed by atoms with Crippen molar-refractivity contribution in [2.45, 2.75) is 24.5 Å². The molecule has 2 N–H and O–H groups in total. The number of aliphatic hydroxyl groups excluding tert-OH is 1. The molecule has 0 radical (unpaired) electrons. The van der Waals surface area contributed by atoms with Crippen LogP contribution in [0.25, 0.3) is 0 Å². The summed E-state index contributed by atoms with van der Waals surface area (Å²) in [7, 11) is 0. The number of hydrogen-bond donors (Lipinski definition) is 2. The summed E-state index contributed by atoms with van der Waals surface area (Å²) >= 11 is 12.1. The van der Waals surface area contributed by atoms with Gasteiger partial charge in [0.1, 0.15) is 5.60 Å². The summed E-state index contributed by atoms with van der Waals surface area (Å²) in [5.74, 6) is 0. The fourth-order valence-electron chi connectivity index (χ4n) is 3.87. The van der Waals surface area contributed by atoms with Gasteiger partial charge in [-0.3, -0.25) is 5.32 Å². The first-order valence-electron chi connectivity index (χ1n) is 8.91. The Balaban J connectivity index is 1.46. The summed E-state index contributed by atoms with van der Waals surface area (Å²) in [6.07, 6.45) is 0.287. The van der Waals surface area contributed by atoms with Crippen LogP contribution < -0.4 is 5.32 Å². The Morgan fingerprint density at radius 2 is 1.78 bits per heavy atom. The van der Waals surface area contributed by atoms with Crippen molar-refractivity contribution in [3.05, 3.63) is 63.6 Å². The first-order valence-corrected chi connectivity index (χ1v) is 9.67. The van der Waals surface area contributed by atoms with Gasteiger partial charge >= 0.3 is 6.09 Å². The van der Waals surface area contributed by atoms with Crippen LogP contribution in [-0.4, -0.2) is 35.7 Å². The maximum absolute atomic E-state index is 12.0. The van der Waals surface area contributed by atoms with Gasteiger partial charge in [0.15, 0.2) is 0 Å². The van der Waals surface area contributed by atoms with Gasteiger partial charge in [-0.15, -0.1) is 0 Å². The molecule has 1 atom stereocenters. The van der Waals surface area contributed by atoms with Gasteiger partial charge in [0.25, 0.3) is 0 Å². The predicted octanol–water partition coefficient (Wildman–Crippen LogP) is 4.58. The molecule has 142 valence electrons. The molecular formula is C20H20Cl2N2O3. The Morgan fingerprint density at radius 1 is 1.11 bits per heavy atom. The monoisotopic (exact) mass is 406 g/mol. The second-order valence-electron chi connectivity index (χ2n) is 7.07. The number of hydrogen-bond acceptors (Lipinski definition) is 4. The highest BCUT2D eigenvalue weighted by atomic mass is 35.5. The van der Waals surface area contributed by atoms with Gasteiger partial charge in [0, 0.05) is 48.1 Å². The van der Waals surface area contributed by atoms with Gasteiger partial charge in [0.05, 0.1) is 11.8 Å². The number of fused-ring (bicyclic) bond motifs is 2. The molecule has 2 aliphatic rings. The number of piperidine rings is 1. The van der Waals surface area contributed by atoms with Gasteiger partial charge in [0.2, 0.25) is 0 Å². The molecular weight excluding hydrogens is 387 g/mol. The van der Waals surface area contributed by atoms with E-state index in [9.17, 15) is 9.90 Å². The molecule has 5 nitrogen and oxygen atoms in total. The van der Waals surface area contributed by atoms with Gasteiger partial charge in [-0.25, -0.2) is 4.79 Å². The molecule has 0 aromatic heterocycles. The van der Waals surface area contributed by atoms with E-state index in [4.69, 9.17) is 27.9 Å². The average molecular weight is 407 g/mol. The third-order valence-corrected chi connectivity index (χ3v) is 5.83. The number of carbonyl (C=O) groups excluding carboxylic acids is 1. The second-order valence-corrected chi connectivity index (χ2v) is 7.94. The third-order valence-electron chi connectivity index (χ3n) is 5.35. The zero-order chi connectivity index (χ0) is 19.0. The standard InChI is InChI=1S/C20H20Cl2N2O3/c21-14-3-1-13(2-4-14)18(25)12-24-9-7-20(8-10-24)16-11-15(22)5-6-17(16)23-19(26)27-20/h1-6,11,18,25H,7-10,12H2,(H,23,26). The molecule has 2 aromatic carbocycles. The van der Waals surface area contributed by atoms with Gasteiger partial charge in [-0.1, -0.05) is 35.3 Å². The molecule has 1 saturated heterocycles. The largest absolute Gasteiger partial charge is 0.438 e. The van der Waals surface area contributed by atoms with Crippen LogP contribution in [0.15, 0.2) is 42.5 Å². The van der Waals surface area contributed by atoms with Crippen molar-refractivity contribution in [2.24, 2.45) is 0 Å². The number of ether oxygens (including phenoxy) is 1. The van der Waals surface area contributed by atoms with Crippen LogP contribution in [-0.2, 0) is 10.3 Å². The summed E-state index contributed by atoms with van der Waals surface area (Å²) in [4.78, 5) is 14.2. The second kappa shape index (κ2) is 7.32. The number of likely N-dealkylation sites (tertiary alicyclic amines) is 1. The lowest BCUT2D eigenvalue weighted by molar-refractivity contribution is -0.0444. The SMILES string of the molecule is O=C1Nc2ccc(Cl)cc2C2(CCN(CC(O)c3ccc(Cl)cc3)CC2)O1. The lowest BCUT2D eigenvalue weighted by Gasteiger charge is -2.44. The van der Waals surface area contributed by atoms with E-state index >= 15 is 0 Å². The minimum Gasteiger partial charge on any atom is -0.438 e. The number of aliphatic hydroxyl groups is 1. The molecule has 27 heavy (non-hydrogen) atoms. The Kier molecular flexibility index (Phi) is 5.03. The van der Waals surface area contributed by atoms with Crippen molar-refractivity contribution in [3.8, 4) is 0 Å². The summed E-state index contributed by atoms with van der Waals surface area (Å²) < 4.78 is 5.73. The van der Waals surface area contributed by atoms with E-state index in [0.29, 0.717) is 42.5 Å². The molecule has 4 rings (SSSR count). The highest BCUT2D eigenvalue weighted by molar-refractivity contribution is 6.31. The van der Waals surface area contributed by atoms with E-state index in [1.807, 2.05) is 24.3 Å². The number of anilines is 1. The van der Waals surface area contributed by atoms with E-state index in [1.165, 1.54) is 0 Å². The Bertz CT molecular complexity index is 849. The van der Waals surface area contributed by atoms with Crippen molar-refractivity contribution in [1.82, 2.24) is 4.90 Å². The van der Waals surface area contributed by atoms with E-state index in [1.54, 1.807) is 18.2 Å². The quantitative estimate of drug-likeness (QED) is 0.782. The van der Waals surface area contributed by atoms with Crippen LogP contribution in [0.2, 0.25) is 10.0 Å². The van der Waals surface area contributed by atoms with E-state index < -0.39 is 17.8 Å². The third kappa shape index (κ3) is 3.78. The minimum absolute atomic E-state index is 0.431. The first-order chi connectivity index (χ1) is 12.9. The molecule has 2 aliphatic heterocycles. The maximum Gasteiger partial charge on any atom is 0.412 e. The molecule has 0 saturated carbocycles. The van der Waals surface area contributed by atoms with Crippen molar-refractivity contribution in [2.75, 3.05) is 25.0 Å². The van der Waals surface area contributed by atoms with Crippen LogP contribution in [0.3, 0.4) is 0 Å². The average Bonchev–Trinajstić information content (AvgIpc) is 2.65. The minimum atomic E-state index is -0.662. The fraction of sp³-hybridized carbons (Fsp3) is 0.350. The van der Waals surface area contributed by atoms with Crippen LogP contribution in [0.5, 0.6) is 0 Å². The predicted molar refractivity (Wildman–Crippen MR) is 105 cm³/mol. The number of halogens is 2. The normalized spacial score (nSPS) is 19.9. The van der Waals surface area contributed by atoms with Crippen molar-refractivity contribution >= 4 is 35.0 Å². The fourth-order valence-corrected chi connectivity index (χ4v) is 4.17. The van der Waals surface area contributed by atoms with Crippen LogP contribution in [0.1, 0.15) is 30.1 Å². The number of nitrogens with zero attached hydrogens (tertiary/aromatic N) is 1. The Morgan fingerprint density at radius 3 is 2.48 bits per heavy atom. The van der Waals surface area contributed by atoms with Crippen LogP contribution >= 0.6 is 23.2 Å². The molecule has 0 bridgehead atoms. The number of carbonyl (C=O) groups is 1. The van der Waals surface area contributed by atoms with Gasteiger partial charge in [-0.05, 0) is 35.9 Å². The smallest absolute Gasteiger partial charge is 0.412 e. The summed E-state index contributed by atoms with van der Waals surface area (Å²) in [6.45, 7) is 1.94. The molecule has 1 unspecified atom stereocenters. The van der Waals surface area contributed by atoms with Crippen molar-refractivity contribution in [1.29, 1.82) is 0 Å². The van der Waals surface area contributed by atoms with Crippen molar-refractivity contribution < 1.29 is 14.6 Å². The van der Waals surface area contributed by atoms with Gasteiger partial charge < -0.3 is 14.7 Å². The number of rotatable bonds is 3. The summed E-state index contributed by atoms with van der Waals surface area (Å²) in [5, 5.41) is 14.5. The van der Waals surface area contributed by atoms with E-state index in [0.717, 1.165) is 16.8 Å². The topological polar surface area (TPSA) is 61.8 Å². The van der Waals surface area contributed by atoms with Crippen LogP contribution in [0.4, 0.5) is 10.5 Å². The number of amides is 1.